The number of ether oxygens (including phenoxy) is 1. The van der Waals surface area contributed by atoms with Crippen molar-refractivity contribution >= 4 is 23.7 Å². The quantitative estimate of drug-likeness (QED) is 0.267. The molecule has 1 N–H and O–H groups in total. The van der Waals surface area contributed by atoms with Crippen molar-refractivity contribution in [3.05, 3.63) is 40.0 Å². The van der Waals surface area contributed by atoms with Crippen molar-refractivity contribution < 1.29 is 24.4 Å². The van der Waals surface area contributed by atoms with E-state index < -0.39 is 16.4 Å². The first-order valence-electron chi connectivity index (χ1n) is 9.66. The Kier molecular flexibility index (Phi) is 3.77. The summed E-state index contributed by atoms with van der Waals surface area (Å²) in [6.45, 7) is 1.89. The summed E-state index contributed by atoms with van der Waals surface area (Å²) in [5.41, 5.74) is -0.287. The van der Waals surface area contributed by atoms with Crippen molar-refractivity contribution in [3.63, 3.8) is 0 Å². The molecule has 0 spiro atoms. The maximum absolute atomic E-state index is 12.9. The number of amides is 2. The molecule has 0 unspecified atom stereocenters. The average molecular weight is 397 g/mol. The fourth-order valence-corrected chi connectivity index (χ4v) is 5.27. The number of aromatic hydroxyl groups is 1. The molecule has 9 nitrogen and oxygen atoms in total. The molecule has 4 aliphatic carbocycles. The zero-order valence-corrected chi connectivity index (χ0v) is 15.6. The number of carbonyl (C=O) groups is 2. The first-order valence-corrected chi connectivity index (χ1v) is 9.66. The van der Waals surface area contributed by atoms with Crippen molar-refractivity contribution in [1.82, 2.24) is 5.01 Å². The highest BCUT2D eigenvalue weighted by atomic mass is 16.6. The van der Waals surface area contributed by atoms with Gasteiger partial charge in [-0.3, -0.25) is 19.7 Å². The number of nitro benzene ring substituents is 1. The average Bonchev–Trinajstić information content (AvgIpc) is 3.47. The third-order valence-corrected chi connectivity index (χ3v) is 6.54. The predicted molar refractivity (Wildman–Crippen MR) is 100 cm³/mol. The monoisotopic (exact) mass is 397 g/mol. The second-order valence-corrected chi connectivity index (χ2v) is 7.96. The minimum absolute atomic E-state index is 0.0572. The minimum Gasteiger partial charge on any atom is -0.500 e. The lowest BCUT2D eigenvalue weighted by molar-refractivity contribution is -0.386. The highest BCUT2D eigenvalue weighted by molar-refractivity contribution is 6.06. The number of nitro groups is 1. The molecule has 2 bridgehead atoms. The number of hydrogen-bond acceptors (Lipinski definition) is 7. The van der Waals surface area contributed by atoms with Gasteiger partial charge in [0.15, 0.2) is 5.75 Å². The second kappa shape index (κ2) is 6.13. The SMILES string of the molecule is CCOc1cc(/C=N\N2C(=O)[C@@H]3[C@H]4C=C[C@@H]([C@@H]5C[C@@H]45)[C@@H]3C2=O)cc([N+](=O)[O-])c1O. The minimum atomic E-state index is -0.731. The molecule has 1 aromatic carbocycles. The Morgan fingerprint density at radius 1 is 1.24 bits per heavy atom. The lowest BCUT2D eigenvalue weighted by atomic mass is 9.63. The lowest BCUT2D eigenvalue weighted by Gasteiger charge is -2.37. The first-order chi connectivity index (χ1) is 13.9. The van der Waals surface area contributed by atoms with E-state index >= 15 is 0 Å². The van der Waals surface area contributed by atoms with Crippen LogP contribution in [0.25, 0.3) is 0 Å². The summed E-state index contributed by atoms with van der Waals surface area (Å²) in [6.07, 6.45) is 6.46. The molecule has 1 saturated heterocycles. The van der Waals surface area contributed by atoms with Gasteiger partial charge in [0.1, 0.15) is 0 Å². The Bertz CT molecular complexity index is 966. The Morgan fingerprint density at radius 2 is 1.86 bits per heavy atom. The number of hydrazone groups is 1. The van der Waals surface area contributed by atoms with Crippen LogP contribution in [0.3, 0.4) is 0 Å². The summed E-state index contributed by atoms with van der Waals surface area (Å²) in [7, 11) is 0. The standard InChI is InChI=1S/C20H19N3O6/c1-2-29-15-6-9(5-14(18(15)24)23(27)28)8-21-22-19(25)16-10-3-4-11(13-7-12(10)13)17(16)20(22)26/h3-6,8,10-13,16-17,24H,2,7H2,1H3/b21-8-/t10-,11-,12-,13-,16-,17+/m0/s1. The number of rotatable bonds is 5. The number of carbonyl (C=O) groups excluding carboxylic acids is 2. The Morgan fingerprint density at radius 3 is 2.41 bits per heavy atom. The van der Waals surface area contributed by atoms with Gasteiger partial charge in [-0.1, -0.05) is 12.2 Å². The van der Waals surface area contributed by atoms with Gasteiger partial charge >= 0.3 is 5.69 Å². The first kappa shape index (κ1) is 17.8. The summed E-state index contributed by atoms with van der Waals surface area (Å²) in [5, 5.41) is 26.2. The van der Waals surface area contributed by atoms with Crippen LogP contribution in [0, 0.1) is 45.6 Å². The number of benzene rings is 1. The smallest absolute Gasteiger partial charge is 0.315 e. The molecular weight excluding hydrogens is 378 g/mol. The molecule has 6 atom stereocenters. The number of allylic oxidation sites excluding steroid dienone is 2. The summed E-state index contributed by atoms with van der Waals surface area (Å²) >= 11 is 0. The predicted octanol–water partition coefficient (Wildman–Crippen LogP) is 2.09. The molecule has 0 radical (unpaired) electrons. The van der Waals surface area contributed by atoms with Crippen LogP contribution >= 0.6 is 0 Å². The van der Waals surface area contributed by atoms with Gasteiger partial charge in [0, 0.05) is 11.6 Å². The highest BCUT2D eigenvalue weighted by Crippen LogP contribution is 2.65. The summed E-state index contributed by atoms with van der Waals surface area (Å²) in [5.74, 6) is -0.747. The summed E-state index contributed by atoms with van der Waals surface area (Å²) in [4.78, 5) is 36.3. The summed E-state index contributed by atoms with van der Waals surface area (Å²) in [6, 6.07) is 2.51. The van der Waals surface area contributed by atoms with Crippen molar-refractivity contribution in [1.29, 1.82) is 0 Å². The van der Waals surface area contributed by atoms with E-state index in [0.717, 1.165) is 17.5 Å². The zero-order valence-electron chi connectivity index (χ0n) is 15.6. The molecule has 29 heavy (non-hydrogen) atoms. The molecule has 150 valence electrons. The number of phenols is 1. The lowest BCUT2D eigenvalue weighted by Crippen LogP contribution is -2.40. The molecule has 3 fully saturated rings. The van der Waals surface area contributed by atoms with E-state index in [9.17, 15) is 24.8 Å². The van der Waals surface area contributed by atoms with Crippen LogP contribution in [0.1, 0.15) is 18.9 Å². The molecule has 5 aliphatic rings. The van der Waals surface area contributed by atoms with Crippen LogP contribution in [0.15, 0.2) is 29.4 Å². The van der Waals surface area contributed by atoms with Crippen molar-refractivity contribution in [2.75, 3.05) is 6.61 Å². The number of phenolic OH excluding ortho intramolecular Hbond substituents is 1. The summed E-state index contributed by atoms with van der Waals surface area (Å²) < 4.78 is 5.24. The Balaban J connectivity index is 1.45. The fourth-order valence-electron chi connectivity index (χ4n) is 5.27. The van der Waals surface area contributed by atoms with Crippen LogP contribution in [0.5, 0.6) is 11.5 Å². The van der Waals surface area contributed by atoms with Crippen molar-refractivity contribution in [2.24, 2.45) is 40.6 Å². The topological polar surface area (TPSA) is 122 Å². The number of imide groups is 1. The molecule has 2 saturated carbocycles. The number of hydrogen-bond donors (Lipinski definition) is 1. The van der Waals surface area contributed by atoms with Gasteiger partial charge < -0.3 is 9.84 Å². The maximum Gasteiger partial charge on any atom is 0.315 e. The third kappa shape index (κ3) is 2.49. The molecule has 1 aliphatic heterocycles. The van der Waals surface area contributed by atoms with Crippen LogP contribution in [-0.4, -0.2) is 39.7 Å². The van der Waals surface area contributed by atoms with Gasteiger partial charge in [-0.15, -0.1) is 0 Å². The molecule has 0 aromatic heterocycles. The molecule has 2 amide bonds. The van der Waals surface area contributed by atoms with Gasteiger partial charge in [0.2, 0.25) is 5.75 Å². The molecule has 1 aromatic rings. The van der Waals surface area contributed by atoms with Gasteiger partial charge in [-0.2, -0.15) is 10.1 Å². The number of nitrogens with zero attached hydrogens (tertiary/aromatic N) is 3. The molecule has 1 heterocycles. The molecular formula is C20H19N3O6. The van der Waals surface area contributed by atoms with E-state index in [1.807, 2.05) is 0 Å². The van der Waals surface area contributed by atoms with E-state index in [2.05, 4.69) is 17.3 Å². The van der Waals surface area contributed by atoms with Gasteiger partial charge in [-0.05, 0) is 43.1 Å². The van der Waals surface area contributed by atoms with Crippen LogP contribution < -0.4 is 4.74 Å². The zero-order chi connectivity index (χ0) is 20.4. The van der Waals surface area contributed by atoms with E-state index in [1.54, 1.807) is 6.92 Å². The third-order valence-electron chi connectivity index (χ3n) is 6.54. The van der Waals surface area contributed by atoms with Crippen molar-refractivity contribution in [2.45, 2.75) is 13.3 Å². The van der Waals surface area contributed by atoms with Crippen LogP contribution in [0.4, 0.5) is 5.69 Å². The Hall–Kier alpha value is -3.23. The van der Waals surface area contributed by atoms with Crippen molar-refractivity contribution in [3.8, 4) is 11.5 Å². The normalized spacial score (nSPS) is 33.9. The molecule has 6 rings (SSSR count). The van der Waals surface area contributed by atoms with Crippen LogP contribution in [-0.2, 0) is 9.59 Å². The van der Waals surface area contributed by atoms with Gasteiger partial charge in [0.25, 0.3) is 11.8 Å². The van der Waals surface area contributed by atoms with E-state index in [4.69, 9.17) is 4.74 Å². The largest absolute Gasteiger partial charge is 0.500 e. The van der Waals surface area contributed by atoms with Crippen LogP contribution in [0.2, 0.25) is 0 Å². The fraction of sp³-hybridized carbons (Fsp3) is 0.450. The van der Waals surface area contributed by atoms with Gasteiger partial charge in [0.05, 0.1) is 29.6 Å². The highest BCUT2D eigenvalue weighted by Gasteiger charge is 2.67. The van der Waals surface area contributed by atoms with E-state index in [0.29, 0.717) is 11.8 Å². The second-order valence-electron chi connectivity index (χ2n) is 7.96. The Labute approximate surface area is 165 Å². The maximum atomic E-state index is 12.9. The molecule has 9 heteroatoms. The van der Waals surface area contributed by atoms with E-state index in [-0.39, 0.29) is 53.4 Å². The van der Waals surface area contributed by atoms with Gasteiger partial charge in [-0.25, -0.2) is 0 Å². The van der Waals surface area contributed by atoms with E-state index in [1.165, 1.54) is 12.3 Å².